The van der Waals surface area contributed by atoms with Crippen molar-refractivity contribution in [3.05, 3.63) is 40.7 Å². The van der Waals surface area contributed by atoms with Crippen LogP contribution in [0.4, 0.5) is 11.4 Å². The van der Waals surface area contributed by atoms with Gasteiger partial charge in [-0.3, -0.25) is 9.36 Å². The van der Waals surface area contributed by atoms with Crippen LogP contribution >= 0.6 is 11.8 Å². The van der Waals surface area contributed by atoms with Crippen LogP contribution in [-0.2, 0) is 6.54 Å². The minimum absolute atomic E-state index is 0. The van der Waals surface area contributed by atoms with Crippen molar-refractivity contribution in [2.24, 2.45) is 0 Å². The summed E-state index contributed by atoms with van der Waals surface area (Å²) >= 11 is 1.48. The summed E-state index contributed by atoms with van der Waals surface area (Å²) in [4.78, 5) is 16.2. The minimum Gasteiger partial charge on any atom is -1.00 e. The second-order valence-electron chi connectivity index (χ2n) is 3.89. The molecular formula is C12H12N3NaO2S. The number of nitrogens with zero attached hydrogens (tertiary/aromatic N) is 2. The normalized spacial score (nSPS) is 12.6. The zero-order valence-corrected chi connectivity index (χ0v) is 13.3. The molecule has 0 radical (unpaired) electrons. The SMILES string of the molecule is O=c1c(Nc2ccccc2)c(O)nc2n1CCS2.[H-].[Na+]. The predicted octanol–water partition coefficient (Wildman–Crippen LogP) is -1.09. The maximum absolute atomic E-state index is 12.2. The molecule has 3 rings (SSSR count). The molecule has 0 spiro atoms. The Morgan fingerprint density at radius 1 is 1.37 bits per heavy atom. The van der Waals surface area contributed by atoms with Crippen LogP contribution in [0, 0.1) is 0 Å². The molecule has 2 heterocycles. The Hall–Kier alpha value is -0.950. The van der Waals surface area contributed by atoms with E-state index in [1.54, 1.807) is 4.57 Å². The Kier molecular flexibility index (Phi) is 4.57. The van der Waals surface area contributed by atoms with Crippen LogP contribution in [0.25, 0.3) is 0 Å². The van der Waals surface area contributed by atoms with Gasteiger partial charge in [-0.25, -0.2) is 0 Å². The van der Waals surface area contributed by atoms with Gasteiger partial charge in [0.1, 0.15) is 0 Å². The van der Waals surface area contributed by atoms with Crippen molar-refractivity contribution in [3.63, 3.8) is 0 Å². The van der Waals surface area contributed by atoms with Crippen molar-refractivity contribution in [1.29, 1.82) is 0 Å². The van der Waals surface area contributed by atoms with E-state index in [0.717, 1.165) is 11.4 Å². The molecule has 1 aromatic carbocycles. The van der Waals surface area contributed by atoms with Gasteiger partial charge in [0.2, 0.25) is 5.88 Å². The number of rotatable bonds is 2. The first-order chi connectivity index (χ1) is 8.75. The third-order valence-electron chi connectivity index (χ3n) is 2.70. The molecule has 0 fully saturated rings. The standard InChI is InChI=1S/C12H11N3O2S.Na.H/c16-10-9(13-8-4-2-1-3-5-8)11(17)15-6-7-18-12(15)14-10;;/h1-5,13,16H,6-7H2;;/q;+1;-1. The number of anilines is 2. The summed E-state index contributed by atoms with van der Waals surface area (Å²) in [6.07, 6.45) is 0. The quantitative estimate of drug-likeness (QED) is 0.542. The van der Waals surface area contributed by atoms with Crippen molar-refractivity contribution >= 4 is 23.1 Å². The third kappa shape index (κ3) is 2.81. The van der Waals surface area contributed by atoms with Crippen molar-refractivity contribution in [3.8, 4) is 5.88 Å². The third-order valence-corrected chi connectivity index (χ3v) is 3.66. The first kappa shape index (κ1) is 14.5. The monoisotopic (exact) mass is 285 g/mol. The van der Waals surface area contributed by atoms with E-state index < -0.39 is 0 Å². The molecule has 7 heteroatoms. The van der Waals surface area contributed by atoms with E-state index in [1.807, 2.05) is 30.3 Å². The van der Waals surface area contributed by atoms with Gasteiger partial charge in [0.15, 0.2) is 10.8 Å². The molecule has 0 saturated heterocycles. The molecule has 1 aromatic heterocycles. The smallest absolute Gasteiger partial charge is 1.00 e. The van der Waals surface area contributed by atoms with Crippen molar-refractivity contribution < 1.29 is 36.1 Å². The predicted molar refractivity (Wildman–Crippen MR) is 71.7 cm³/mol. The van der Waals surface area contributed by atoms with Gasteiger partial charge in [0, 0.05) is 18.0 Å². The Balaban J connectivity index is 0.000001000. The van der Waals surface area contributed by atoms with Gasteiger partial charge in [-0.05, 0) is 12.1 Å². The van der Waals surface area contributed by atoms with Crippen LogP contribution in [0.3, 0.4) is 0 Å². The fourth-order valence-electron chi connectivity index (χ4n) is 1.84. The molecule has 0 atom stereocenters. The molecule has 5 nitrogen and oxygen atoms in total. The van der Waals surface area contributed by atoms with E-state index in [9.17, 15) is 9.90 Å². The van der Waals surface area contributed by atoms with Crippen LogP contribution in [0.1, 0.15) is 1.43 Å². The number of hydrogen-bond acceptors (Lipinski definition) is 5. The fraction of sp³-hybridized carbons (Fsp3) is 0.167. The number of thioether (sulfide) groups is 1. The molecule has 0 unspecified atom stereocenters. The summed E-state index contributed by atoms with van der Waals surface area (Å²) in [5, 5.41) is 13.3. The molecule has 1 aliphatic heterocycles. The van der Waals surface area contributed by atoms with Crippen LogP contribution in [0.15, 0.2) is 40.3 Å². The Morgan fingerprint density at radius 3 is 2.84 bits per heavy atom. The molecule has 2 aromatic rings. The van der Waals surface area contributed by atoms with Gasteiger partial charge in [-0.15, -0.1) is 0 Å². The fourth-order valence-corrected chi connectivity index (χ4v) is 2.77. The van der Waals surface area contributed by atoms with E-state index >= 15 is 0 Å². The Labute approximate surface area is 137 Å². The van der Waals surface area contributed by atoms with Crippen LogP contribution in [0.2, 0.25) is 0 Å². The zero-order valence-electron chi connectivity index (χ0n) is 11.5. The molecule has 2 N–H and O–H groups in total. The second-order valence-corrected chi connectivity index (χ2v) is 4.95. The van der Waals surface area contributed by atoms with E-state index in [1.165, 1.54) is 11.8 Å². The summed E-state index contributed by atoms with van der Waals surface area (Å²) in [5.74, 6) is 0.570. The minimum atomic E-state index is -0.246. The number of hydrogen-bond donors (Lipinski definition) is 2. The summed E-state index contributed by atoms with van der Waals surface area (Å²) in [6, 6.07) is 9.24. The summed E-state index contributed by atoms with van der Waals surface area (Å²) < 4.78 is 1.58. The Morgan fingerprint density at radius 2 is 2.11 bits per heavy atom. The maximum Gasteiger partial charge on any atom is 1.00 e. The van der Waals surface area contributed by atoms with E-state index in [-0.39, 0.29) is 48.1 Å². The largest absolute Gasteiger partial charge is 1.00 e. The van der Waals surface area contributed by atoms with Crippen molar-refractivity contribution in [2.75, 3.05) is 11.1 Å². The van der Waals surface area contributed by atoms with Gasteiger partial charge in [-0.2, -0.15) is 4.98 Å². The average Bonchev–Trinajstić information content (AvgIpc) is 2.84. The topological polar surface area (TPSA) is 67.2 Å². The van der Waals surface area contributed by atoms with Gasteiger partial charge >= 0.3 is 29.6 Å². The zero-order chi connectivity index (χ0) is 12.5. The first-order valence-electron chi connectivity index (χ1n) is 5.54. The van der Waals surface area contributed by atoms with Gasteiger partial charge in [-0.1, -0.05) is 30.0 Å². The van der Waals surface area contributed by atoms with Crippen molar-refractivity contribution in [2.45, 2.75) is 11.7 Å². The Bertz CT molecular complexity index is 651. The summed E-state index contributed by atoms with van der Waals surface area (Å²) in [6.45, 7) is 0.635. The average molecular weight is 285 g/mol. The molecule has 0 bridgehead atoms. The number of aromatic nitrogens is 2. The summed E-state index contributed by atoms with van der Waals surface area (Å²) in [7, 11) is 0. The second kappa shape index (κ2) is 6.00. The maximum atomic E-state index is 12.2. The first-order valence-corrected chi connectivity index (χ1v) is 6.53. The molecule has 1 aliphatic rings. The number of para-hydroxylation sites is 1. The molecule has 0 amide bonds. The van der Waals surface area contributed by atoms with Crippen LogP contribution in [-0.4, -0.2) is 20.4 Å². The van der Waals surface area contributed by atoms with E-state index in [2.05, 4.69) is 10.3 Å². The van der Waals surface area contributed by atoms with Gasteiger partial charge in [0.25, 0.3) is 5.56 Å². The number of nitrogens with one attached hydrogen (secondary N) is 1. The van der Waals surface area contributed by atoms with Gasteiger partial charge < -0.3 is 11.8 Å². The number of benzene rings is 1. The molecule has 94 valence electrons. The van der Waals surface area contributed by atoms with E-state index in [0.29, 0.717) is 11.7 Å². The van der Waals surface area contributed by atoms with Gasteiger partial charge in [0.05, 0.1) is 0 Å². The number of aromatic hydroxyl groups is 1. The summed E-state index contributed by atoms with van der Waals surface area (Å²) in [5.41, 5.74) is 0.650. The molecule has 19 heavy (non-hydrogen) atoms. The number of fused-ring (bicyclic) bond motifs is 1. The molecule has 0 saturated carbocycles. The molecule has 0 aliphatic carbocycles. The van der Waals surface area contributed by atoms with Crippen molar-refractivity contribution in [1.82, 2.24) is 9.55 Å². The van der Waals surface area contributed by atoms with E-state index in [4.69, 9.17) is 0 Å². The molecular weight excluding hydrogens is 273 g/mol. The van der Waals surface area contributed by atoms with Crippen LogP contribution < -0.4 is 40.4 Å². The van der Waals surface area contributed by atoms with Crippen LogP contribution in [0.5, 0.6) is 5.88 Å².